The Bertz CT molecular complexity index is 581. The molecule has 0 aliphatic carbocycles. The topological polar surface area (TPSA) is 61.4 Å². The normalized spacial score (nSPS) is 14.7. The van der Waals surface area contributed by atoms with E-state index in [2.05, 4.69) is 36.5 Å². The number of hydrogen-bond donors (Lipinski definition) is 1. The van der Waals surface area contributed by atoms with Gasteiger partial charge in [0.05, 0.1) is 27.6 Å². The second kappa shape index (κ2) is 9.03. The minimum absolute atomic E-state index is 0.144. The van der Waals surface area contributed by atoms with Crippen molar-refractivity contribution in [1.29, 1.82) is 0 Å². The quantitative estimate of drug-likeness (QED) is 0.324. The van der Waals surface area contributed by atoms with Gasteiger partial charge in [-0.15, -0.1) is 11.3 Å². The number of esters is 1. The highest BCUT2D eigenvalue weighted by molar-refractivity contribution is 7.90. The number of carbonyl (C=O) groups excluding carboxylic acids is 1. The monoisotopic (exact) mass is 381 g/mol. The number of rotatable bonds is 8. The first-order valence-electron chi connectivity index (χ1n) is 8.47. The molecular formula is C19H31NO3SSi. The minimum Gasteiger partial charge on any atom is -0.598 e. The highest BCUT2D eigenvalue weighted by Gasteiger charge is 2.31. The van der Waals surface area contributed by atoms with Crippen molar-refractivity contribution in [3.8, 4) is 0 Å². The molecule has 6 heteroatoms. The second-order valence-electron chi connectivity index (χ2n) is 7.83. The zero-order valence-electron chi connectivity index (χ0n) is 16.2. The van der Waals surface area contributed by atoms with Gasteiger partial charge in [0.25, 0.3) is 0 Å². The van der Waals surface area contributed by atoms with Crippen LogP contribution in [0, 0.1) is 0 Å². The lowest BCUT2D eigenvalue weighted by Gasteiger charge is -2.28. The van der Waals surface area contributed by atoms with Crippen molar-refractivity contribution in [2.45, 2.75) is 57.1 Å². The molecule has 140 valence electrons. The lowest BCUT2D eigenvalue weighted by Crippen LogP contribution is -2.42. The van der Waals surface area contributed by atoms with Crippen molar-refractivity contribution >= 4 is 30.6 Å². The molecule has 0 aromatic heterocycles. The summed E-state index contributed by atoms with van der Waals surface area (Å²) in [6, 6.07) is 8.96. The lowest BCUT2D eigenvalue weighted by atomic mass is 10.1. The van der Waals surface area contributed by atoms with Crippen LogP contribution >= 0.6 is 0 Å². The van der Waals surface area contributed by atoms with Crippen molar-refractivity contribution in [2.75, 3.05) is 7.11 Å². The molecular weight excluding hydrogens is 350 g/mol. The minimum atomic E-state index is -1.53. The Balaban J connectivity index is 3.05. The lowest BCUT2D eigenvalue weighted by molar-refractivity contribution is -0.141. The van der Waals surface area contributed by atoms with Crippen LogP contribution in [0.1, 0.15) is 38.8 Å². The molecule has 0 amide bonds. The van der Waals surface area contributed by atoms with E-state index in [0.29, 0.717) is 0 Å². The van der Waals surface area contributed by atoms with Crippen LogP contribution < -0.4 is 9.91 Å². The predicted molar refractivity (Wildman–Crippen MR) is 109 cm³/mol. The number of ether oxygens (including phenoxy) is 1. The third-order valence-electron chi connectivity index (χ3n) is 4.15. The summed E-state index contributed by atoms with van der Waals surface area (Å²) >= 11 is -1.27. The van der Waals surface area contributed by atoms with Crippen LogP contribution in [0.2, 0.25) is 19.1 Å². The van der Waals surface area contributed by atoms with E-state index in [1.165, 1.54) is 12.3 Å². The van der Waals surface area contributed by atoms with Gasteiger partial charge in [0.1, 0.15) is 4.75 Å². The number of carbonyl (C=O) groups is 1. The average Bonchev–Trinajstić information content (AvgIpc) is 2.53. The molecule has 0 fully saturated rings. The summed E-state index contributed by atoms with van der Waals surface area (Å²) in [5, 5.41) is 1.34. The molecule has 0 aliphatic rings. The summed E-state index contributed by atoms with van der Waals surface area (Å²) in [6.07, 6.45) is 2.12. The Hall–Kier alpha value is -1.08. The highest BCUT2D eigenvalue weighted by Crippen LogP contribution is 2.23. The van der Waals surface area contributed by atoms with Crippen molar-refractivity contribution in [1.82, 2.24) is 4.72 Å². The van der Waals surface area contributed by atoms with Gasteiger partial charge in [-0.1, -0.05) is 48.6 Å². The Morgan fingerprint density at radius 1 is 1.36 bits per heavy atom. The molecule has 0 aliphatic heterocycles. The summed E-state index contributed by atoms with van der Waals surface area (Å²) in [7, 11) is -0.160. The van der Waals surface area contributed by atoms with Gasteiger partial charge < -0.3 is 9.29 Å². The van der Waals surface area contributed by atoms with Gasteiger partial charge in [-0.05, 0) is 32.4 Å². The van der Waals surface area contributed by atoms with Gasteiger partial charge in [0, 0.05) is 11.4 Å². The van der Waals surface area contributed by atoms with E-state index in [0.717, 1.165) is 11.6 Å². The maximum Gasteiger partial charge on any atom is 0.307 e. The molecule has 0 bridgehead atoms. The summed E-state index contributed by atoms with van der Waals surface area (Å²) in [6.45, 7) is 14.2. The maximum atomic E-state index is 12.5. The van der Waals surface area contributed by atoms with Crippen LogP contribution in [-0.4, -0.2) is 30.5 Å². The van der Waals surface area contributed by atoms with Crippen LogP contribution in [0.25, 0.3) is 0 Å². The van der Waals surface area contributed by atoms with E-state index in [1.54, 1.807) is 0 Å². The van der Waals surface area contributed by atoms with Gasteiger partial charge in [-0.2, -0.15) is 0 Å². The SMILES string of the molecule is C=CC[Si](C)(C)c1ccc([C@@H](CC(=O)OC)N[S@@+]([O-])C(C)(C)C)cc1. The molecule has 1 rings (SSSR count). The first-order valence-corrected chi connectivity index (χ1v) is 12.8. The van der Waals surface area contributed by atoms with Gasteiger partial charge in [0.2, 0.25) is 0 Å². The van der Waals surface area contributed by atoms with Crippen molar-refractivity contribution in [2.24, 2.45) is 0 Å². The van der Waals surface area contributed by atoms with Crippen LogP contribution in [0.15, 0.2) is 36.9 Å². The summed E-state index contributed by atoms with van der Waals surface area (Å²) in [4.78, 5) is 11.8. The van der Waals surface area contributed by atoms with Crippen molar-refractivity contribution in [3.05, 3.63) is 42.5 Å². The molecule has 4 nitrogen and oxygen atoms in total. The van der Waals surface area contributed by atoms with Crippen LogP contribution in [0.5, 0.6) is 0 Å². The fraction of sp³-hybridized carbons (Fsp3) is 0.526. The molecule has 0 radical (unpaired) electrons. The molecule has 0 unspecified atom stereocenters. The first kappa shape index (κ1) is 22.0. The zero-order chi connectivity index (χ0) is 19.3. The largest absolute Gasteiger partial charge is 0.598 e. The molecule has 0 saturated carbocycles. The van der Waals surface area contributed by atoms with Gasteiger partial charge in [-0.3, -0.25) is 4.79 Å². The molecule has 2 atom stereocenters. The number of hydrogen-bond acceptors (Lipinski definition) is 4. The first-order chi connectivity index (χ1) is 11.5. The fourth-order valence-corrected chi connectivity index (χ4v) is 5.29. The van der Waals surface area contributed by atoms with Crippen molar-refractivity contribution in [3.63, 3.8) is 0 Å². The smallest absolute Gasteiger partial charge is 0.307 e. The predicted octanol–water partition coefficient (Wildman–Crippen LogP) is 3.44. The van der Waals surface area contributed by atoms with Crippen molar-refractivity contribution < 1.29 is 14.1 Å². The molecule has 1 aromatic rings. The molecule has 1 N–H and O–H groups in total. The summed E-state index contributed by atoms with van der Waals surface area (Å²) < 4.78 is 19.9. The van der Waals surface area contributed by atoms with E-state index in [-0.39, 0.29) is 18.4 Å². The van der Waals surface area contributed by atoms with Crippen LogP contribution in [-0.2, 0) is 20.9 Å². The number of benzene rings is 1. The third kappa shape index (κ3) is 6.62. The Morgan fingerprint density at radius 2 is 1.92 bits per heavy atom. The van der Waals surface area contributed by atoms with Crippen LogP contribution in [0.4, 0.5) is 0 Å². The van der Waals surface area contributed by atoms with Gasteiger partial charge >= 0.3 is 5.97 Å². The second-order valence-corrected chi connectivity index (χ2v) is 14.6. The third-order valence-corrected chi connectivity index (χ3v) is 8.97. The molecule has 0 spiro atoms. The molecule has 0 saturated heterocycles. The maximum absolute atomic E-state index is 12.5. The zero-order valence-corrected chi connectivity index (χ0v) is 18.0. The highest BCUT2D eigenvalue weighted by atomic mass is 32.2. The van der Waals surface area contributed by atoms with E-state index in [9.17, 15) is 9.35 Å². The van der Waals surface area contributed by atoms with Crippen LogP contribution in [0.3, 0.4) is 0 Å². The van der Waals surface area contributed by atoms with E-state index < -0.39 is 24.2 Å². The average molecular weight is 382 g/mol. The number of nitrogens with one attached hydrogen (secondary N) is 1. The number of methoxy groups -OCH3 is 1. The molecule has 0 heterocycles. The standard InChI is InChI=1S/C19H31NO3SSi/c1-8-13-25(6,7)16-11-9-15(10-12-16)17(14-18(21)23-5)20-24(22)19(2,3)4/h8-12,17,20H,1,13-14H2,2-7H3/t17-,24+/m1/s1. The van der Waals surface area contributed by atoms with Gasteiger partial charge in [-0.25, -0.2) is 0 Å². The summed E-state index contributed by atoms with van der Waals surface area (Å²) in [5.74, 6) is -0.325. The van der Waals surface area contributed by atoms with E-state index >= 15 is 0 Å². The number of allylic oxidation sites excluding steroid dienone is 1. The Kier molecular flexibility index (Phi) is 7.93. The Labute approximate surface area is 156 Å². The van der Waals surface area contributed by atoms with E-state index in [1.807, 2.05) is 39.0 Å². The Morgan fingerprint density at radius 3 is 2.36 bits per heavy atom. The molecule has 25 heavy (non-hydrogen) atoms. The van der Waals surface area contributed by atoms with E-state index in [4.69, 9.17) is 4.74 Å². The fourth-order valence-electron chi connectivity index (χ4n) is 2.43. The summed E-state index contributed by atoms with van der Waals surface area (Å²) in [5.41, 5.74) is 0.940. The van der Waals surface area contributed by atoms with Gasteiger partial charge in [0.15, 0.2) is 0 Å². The molecule has 1 aromatic carbocycles.